The minimum absolute atomic E-state index is 0.225. The lowest BCUT2D eigenvalue weighted by Crippen LogP contribution is -2.20. The van der Waals surface area contributed by atoms with Gasteiger partial charge in [-0.15, -0.1) is 0 Å². The molecule has 0 aromatic rings. The number of hydrogen-bond donors (Lipinski definition) is 2. The molecule has 0 aliphatic carbocycles. The lowest BCUT2D eigenvalue weighted by atomic mass is 10.6. The van der Waals surface area contributed by atoms with Crippen molar-refractivity contribution in [2.45, 2.75) is 6.92 Å². The van der Waals surface area contributed by atoms with E-state index in [2.05, 4.69) is 10.1 Å². The molecule has 0 aromatic heterocycles. The van der Waals surface area contributed by atoms with E-state index in [4.69, 9.17) is 5.11 Å². The van der Waals surface area contributed by atoms with Gasteiger partial charge in [-0.3, -0.25) is 0 Å². The Labute approximate surface area is 53.8 Å². The van der Waals surface area contributed by atoms with Gasteiger partial charge in [-0.05, 0) is 6.54 Å². The minimum atomic E-state index is -1.21. The molecule has 0 atom stereocenters. The summed E-state index contributed by atoms with van der Waals surface area (Å²) in [6, 6.07) is 0. The van der Waals surface area contributed by atoms with E-state index in [0.29, 0.717) is 6.54 Å². The number of hydrogen-bond acceptors (Lipinski definition) is 3. The summed E-state index contributed by atoms with van der Waals surface area (Å²) in [5.41, 5.74) is 0. The van der Waals surface area contributed by atoms with Crippen molar-refractivity contribution in [2.24, 2.45) is 0 Å². The lowest BCUT2D eigenvalue weighted by Gasteiger charge is -1.99. The van der Waals surface area contributed by atoms with Crippen LogP contribution in [-0.2, 0) is 4.74 Å². The fourth-order valence-corrected chi connectivity index (χ4v) is 0.387. The van der Waals surface area contributed by atoms with Crippen LogP contribution in [0.4, 0.5) is 4.79 Å². The molecule has 0 bridgehead atoms. The van der Waals surface area contributed by atoms with Crippen molar-refractivity contribution in [3.63, 3.8) is 0 Å². The van der Waals surface area contributed by atoms with Crippen LogP contribution >= 0.6 is 0 Å². The van der Waals surface area contributed by atoms with E-state index in [-0.39, 0.29) is 6.61 Å². The third-order valence-electron chi connectivity index (χ3n) is 0.754. The van der Waals surface area contributed by atoms with Crippen molar-refractivity contribution in [3.05, 3.63) is 0 Å². The topological polar surface area (TPSA) is 58.6 Å². The molecule has 0 unspecified atom stereocenters. The average Bonchev–Trinajstić information content (AvgIpc) is 1.80. The Kier molecular flexibility index (Phi) is 4.91. The maximum Gasteiger partial charge on any atom is 0.505 e. The second-order valence-corrected chi connectivity index (χ2v) is 1.47. The molecule has 0 fully saturated rings. The maximum absolute atomic E-state index is 9.71. The van der Waals surface area contributed by atoms with Crippen molar-refractivity contribution < 1.29 is 14.6 Å². The van der Waals surface area contributed by atoms with E-state index < -0.39 is 6.16 Å². The van der Waals surface area contributed by atoms with Gasteiger partial charge >= 0.3 is 6.16 Å². The summed E-state index contributed by atoms with van der Waals surface area (Å²) in [6.07, 6.45) is -1.21. The minimum Gasteiger partial charge on any atom is -0.450 e. The van der Waals surface area contributed by atoms with Crippen LogP contribution in [0.3, 0.4) is 0 Å². The second-order valence-electron chi connectivity index (χ2n) is 1.47. The molecular formula is C5H11NO3. The van der Waals surface area contributed by atoms with Gasteiger partial charge in [0.2, 0.25) is 0 Å². The van der Waals surface area contributed by atoms with E-state index in [1.807, 2.05) is 6.92 Å². The maximum atomic E-state index is 9.71. The molecule has 0 rings (SSSR count). The summed E-state index contributed by atoms with van der Waals surface area (Å²) in [4.78, 5) is 9.71. The quantitative estimate of drug-likeness (QED) is 0.427. The van der Waals surface area contributed by atoms with Crippen molar-refractivity contribution in [1.29, 1.82) is 0 Å². The van der Waals surface area contributed by atoms with Gasteiger partial charge in [-0.1, -0.05) is 6.92 Å². The molecule has 0 heterocycles. The van der Waals surface area contributed by atoms with Crippen molar-refractivity contribution in [2.75, 3.05) is 19.7 Å². The average molecular weight is 133 g/mol. The van der Waals surface area contributed by atoms with Crippen LogP contribution in [0.25, 0.3) is 0 Å². The molecule has 9 heavy (non-hydrogen) atoms. The molecule has 2 N–H and O–H groups in total. The molecule has 0 radical (unpaired) electrons. The molecule has 4 heteroatoms. The summed E-state index contributed by atoms with van der Waals surface area (Å²) in [6.45, 7) is 3.59. The number of rotatable bonds is 4. The molecule has 0 aliphatic rings. The smallest absolute Gasteiger partial charge is 0.450 e. The van der Waals surface area contributed by atoms with Crippen molar-refractivity contribution in [1.82, 2.24) is 5.32 Å². The number of ether oxygens (including phenoxy) is 1. The van der Waals surface area contributed by atoms with E-state index in [1.165, 1.54) is 0 Å². The number of nitrogens with one attached hydrogen (secondary N) is 1. The van der Waals surface area contributed by atoms with Gasteiger partial charge in [0.1, 0.15) is 6.61 Å². The van der Waals surface area contributed by atoms with Crippen LogP contribution in [0.15, 0.2) is 0 Å². The molecule has 0 saturated carbocycles. The zero-order chi connectivity index (χ0) is 7.11. The Balaban J connectivity index is 2.83. The van der Waals surface area contributed by atoms with Crippen LogP contribution in [0, 0.1) is 0 Å². The summed E-state index contributed by atoms with van der Waals surface area (Å²) >= 11 is 0. The molecule has 0 aliphatic heterocycles. The summed E-state index contributed by atoms with van der Waals surface area (Å²) in [7, 11) is 0. The normalized spacial score (nSPS) is 9.00. The highest BCUT2D eigenvalue weighted by molar-refractivity contribution is 5.56. The first-order valence-electron chi connectivity index (χ1n) is 2.83. The molecule has 0 aromatic carbocycles. The Bertz CT molecular complexity index is 84.3. The SMILES string of the molecule is CCNCCOC(=O)O. The Morgan fingerprint density at radius 3 is 2.89 bits per heavy atom. The van der Waals surface area contributed by atoms with Crippen molar-refractivity contribution in [3.8, 4) is 0 Å². The number of likely N-dealkylation sites (N-methyl/N-ethyl adjacent to an activating group) is 1. The van der Waals surface area contributed by atoms with Crippen LogP contribution in [0.1, 0.15) is 6.92 Å². The fraction of sp³-hybridized carbons (Fsp3) is 0.800. The second kappa shape index (κ2) is 5.37. The van der Waals surface area contributed by atoms with E-state index in [9.17, 15) is 4.79 Å². The Morgan fingerprint density at radius 2 is 2.44 bits per heavy atom. The standard InChI is InChI=1S/C5H11NO3/c1-2-6-3-4-9-5(7)8/h6H,2-4H2,1H3,(H,7,8). The predicted molar refractivity (Wildman–Crippen MR) is 32.5 cm³/mol. The van der Waals surface area contributed by atoms with Gasteiger partial charge < -0.3 is 15.2 Å². The first-order valence-corrected chi connectivity index (χ1v) is 2.83. The predicted octanol–water partition coefficient (Wildman–Crippen LogP) is 0.290. The largest absolute Gasteiger partial charge is 0.505 e. The monoisotopic (exact) mass is 133 g/mol. The molecule has 0 spiro atoms. The van der Waals surface area contributed by atoms with Crippen LogP contribution in [-0.4, -0.2) is 31.0 Å². The van der Waals surface area contributed by atoms with Gasteiger partial charge in [0.05, 0.1) is 0 Å². The summed E-state index contributed by atoms with van der Waals surface area (Å²) < 4.78 is 4.20. The van der Waals surface area contributed by atoms with Crippen LogP contribution in [0.5, 0.6) is 0 Å². The highest BCUT2D eigenvalue weighted by Gasteiger charge is 1.92. The van der Waals surface area contributed by atoms with E-state index in [1.54, 1.807) is 0 Å². The molecule has 0 amide bonds. The third kappa shape index (κ3) is 7.23. The van der Waals surface area contributed by atoms with E-state index >= 15 is 0 Å². The van der Waals surface area contributed by atoms with Crippen molar-refractivity contribution >= 4 is 6.16 Å². The van der Waals surface area contributed by atoms with Crippen LogP contribution in [0.2, 0.25) is 0 Å². The fourth-order valence-electron chi connectivity index (χ4n) is 0.387. The highest BCUT2D eigenvalue weighted by atomic mass is 16.7. The first kappa shape index (κ1) is 8.23. The summed E-state index contributed by atoms with van der Waals surface area (Å²) in [5, 5.41) is 10.9. The van der Waals surface area contributed by atoms with E-state index in [0.717, 1.165) is 6.54 Å². The highest BCUT2D eigenvalue weighted by Crippen LogP contribution is 1.72. The summed E-state index contributed by atoms with van der Waals surface area (Å²) in [5.74, 6) is 0. The van der Waals surface area contributed by atoms with Gasteiger partial charge in [0.25, 0.3) is 0 Å². The zero-order valence-corrected chi connectivity index (χ0v) is 5.39. The first-order chi connectivity index (χ1) is 4.27. The van der Waals surface area contributed by atoms with Crippen LogP contribution < -0.4 is 5.32 Å². The zero-order valence-electron chi connectivity index (χ0n) is 5.39. The molecular weight excluding hydrogens is 122 g/mol. The Morgan fingerprint density at radius 1 is 1.78 bits per heavy atom. The number of carbonyl (C=O) groups is 1. The molecule has 54 valence electrons. The van der Waals surface area contributed by atoms with Gasteiger partial charge in [-0.25, -0.2) is 4.79 Å². The third-order valence-corrected chi connectivity index (χ3v) is 0.754. The Hall–Kier alpha value is -0.770. The molecule has 0 saturated heterocycles. The van der Waals surface area contributed by atoms with Gasteiger partial charge in [0.15, 0.2) is 0 Å². The van der Waals surface area contributed by atoms with Gasteiger partial charge in [-0.2, -0.15) is 0 Å². The van der Waals surface area contributed by atoms with Gasteiger partial charge in [0, 0.05) is 6.54 Å². The number of carboxylic acid groups (broad SMARTS) is 1. The lowest BCUT2D eigenvalue weighted by molar-refractivity contribution is 0.0925. The molecule has 4 nitrogen and oxygen atoms in total.